The van der Waals surface area contributed by atoms with Crippen LogP contribution in [0, 0.1) is 0 Å². The minimum absolute atomic E-state index is 0.280. The van der Waals surface area contributed by atoms with Crippen molar-refractivity contribution in [1.29, 1.82) is 0 Å². The van der Waals surface area contributed by atoms with Gasteiger partial charge < -0.3 is 9.88 Å². The molecule has 1 aromatic heterocycles. The molecule has 0 spiro atoms. The fourth-order valence-electron chi connectivity index (χ4n) is 4.15. The number of halogens is 1. The minimum Gasteiger partial charge on any atom is -0.342 e. The Morgan fingerprint density at radius 2 is 1.84 bits per heavy atom. The van der Waals surface area contributed by atoms with Crippen LogP contribution in [0.25, 0.3) is 17.0 Å². The second-order valence-corrected chi connectivity index (χ2v) is 10.6. The van der Waals surface area contributed by atoms with E-state index in [9.17, 15) is 14.4 Å². The highest BCUT2D eigenvalue weighted by Crippen LogP contribution is 2.34. The van der Waals surface area contributed by atoms with Crippen molar-refractivity contribution in [1.82, 2.24) is 9.47 Å². The van der Waals surface area contributed by atoms with Gasteiger partial charge in [0.05, 0.1) is 4.91 Å². The van der Waals surface area contributed by atoms with Gasteiger partial charge in [-0.2, -0.15) is 0 Å². The summed E-state index contributed by atoms with van der Waals surface area (Å²) in [5.74, 6) is -0.913. The average Bonchev–Trinajstić information content (AvgIpc) is 3.37. The Balaban J connectivity index is 1.37. The Hall–Kier alpha value is -3.46. The van der Waals surface area contributed by atoms with Gasteiger partial charge in [-0.3, -0.25) is 19.3 Å². The van der Waals surface area contributed by atoms with Crippen molar-refractivity contribution in [2.24, 2.45) is 0 Å². The number of aromatic nitrogens is 1. The molecule has 6 nitrogen and oxygen atoms in total. The molecule has 0 aliphatic carbocycles. The van der Waals surface area contributed by atoms with E-state index >= 15 is 0 Å². The van der Waals surface area contributed by atoms with Gasteiger partial charge in [-0.05, 0) is 60.0 Å². The maximum absolute atomic E-state index is 13.1. The van der Waals surface area contributed by atoms with Gasteiger partial charge in [0.1, 0.15) is 6.54 Å². The summed E-state index contributed by atoms with van der Waals surface area (Å²) in [5, 5.41) is 3.93. The van der Waals surface area contributed by atoms with E-state index in [1.54, 1.807) is 23.9 Å². The molecular weight excluding hydrogens is 526 g/mol. The van der Waals surface area contributed by atoms with Crippen LogP contribution < -0.4 is 5.32 Å². The van der Waals surface area contributed by atoms with E-state index in [2.05, 4.69) is 9.88 Å². The first-order valence-corrected chi connectivity index (χ1v) is 13.9. The van der Waals surface area contributed by atoms with Crippen LogP contribution in [0.5, 0.6) is 0 Å². The molecule has 5 rings (SSSR count). The van der Waals surface area contributed by atoms with Crippen molar-refractivity contribution in [3.05, 3.63) is 100 Å². The van der Waals surface area contributed by atoms with Crippen LogP contribution in [0.3, 0.4) is 0 Å². The number of para-hydroxylation sites is 1. The van der Waals surface area contributed by atoms with Crippen molar-refractivity contribution in [3.8, 4) is 0 Å². The molecule has 1 N–H and O–H groups in total. The monoisotopic (exact) mass is 547 g/mol. The van der Waals surface area contributed by atoms with Crippen molar-refractivity contribution < 1.29 is 14.4 Å². The largest absolute Gasteiger partial charge is 0.342 e. The summed E-state index contributed by atoms with van der Waals surface area (Å²) in [6.45, 7) is 0.215. The maximum Gasteiger partial charge on any atom is 0.294 e. The number of hydrogen-bond donors (Lipinski definition) is 1. The highest BCUT2D eigenvalue weighted by molar-refractivity contribution is 8.18. The molecule has 4 aromatic rings. The van der Waals surface area contributed by atoms with E-state index in [4.69, 9.17) is 11.6 Å². The standard InChI is InChI=1S/C28H22ClN3O3S2/c1-36-21-9-6-8-20(14-21)30-26(33)17-32-27(34)25(37-28(32)35)13-19-16-31(24-12-5-3-10-22(19)24)15-18-7-2-4-11-23(18)29/h2-14,16H,15,17H2,1H3,(H,30,33)/b25-13+. The van der Waals surface area contributed by atoms with Gasteiger partial charge in [0.2, 0.25) is 5.91 Å². The van der Waals surface area contributed by atoms with Crippen LogP contribution in [0.4, 0.5) is 10.5 Å². The lowest BCUT2D eigenvalue weighted by atomic mass is 10.1. The Bertz CT molecular complexity index is 1560. The van der Waals surface area contributed by atoms with Gasteiger partial charge in [-0.15, -0.1) is 11.8 Å². The highest BCUT2D eigenvalue weighted by atomic mass is 35.5. The molecule has 0 radical (unpaired) electrons. The first kappa shape index (κ1) is 25.2. The quantitative estimate of drug-likeness (QED) is 0.205. The van der Waals surface area contributed by atoms with Crippen LogP contribution in [0.15, 0.2) is 88.8 Å². The summed E-state index contributed by atoms with van der Waals surface area (Å²) in [4.78, 5) is 40.6. The molecule has 1 saturated heterocycles. The fraction of sp³-hybridized carbons (Fsp3) is 0.107. The second-order valence-electron chi connectivity index (χ2n) is 8.37. The van der Waals surface area contributed by atoms with Crippen LogP contribution in [-0.2, 0) is 16.1 Å². The first-order chi connectivity index (χ1) is 17.9. The third-order valence-electron chi connectivity index (χ3n) is 5.93. The third kappa shape index (κ3) is 5.46. The Morgan fingerprint density at radius 1 is 1.05 bits per heavy atom. The number of carbonyl (C=O) groups is 3. The first-order valence-electron chi connectivity index (χ1n) is 11.4. The Morgan fingerprint density at radius 3 is 2.65 bits per heavy atom. The lowest BCUT2D eigenvalue weighted by Crippen LogP contribution is -2.36. The van der Waals surface area contributed by atoms with E-state index in [1.807, 2.05) is 79.2 Å². The van der Waals surface area contributed by atoms with E-state index in [-0.39, 0.29) is 11.4 Å². The van der Waals surface area contributed by atoms with E-state index in [0.717, 1.165) is 43.6 Å². The summed E-state index contributed by atoms with van der Waals surface area (Å²) in [6.07, 6.45) is 5.62. The molecule has 1 aliphatic heterocycles. The van der Waals surface area contributed by atoms with E-state index < -0.39 is 17.1 Å². The number of benzene rings is 3. The normalized spacial score (nSPS) is 14.6. The topological polar surface area (TPSA) is 71.4 Å². The zero-order chi connectivity index (χ0) is 25.9. The zero-order valence-corrected chi connectivity index (χ0v) is 22.2. The van der Waals surface area contributed by atoms with Gasteiger partial charge in [-0.1, -0.05) is 54.1 Å². The lowest BCUT2D eigenvalue weighted by Gasteiger charge is -2.12. The summed E-state index contributed by atoms with van der Waals surface area (Å²) >= 11 is 8.78. The molecule has 0 saturated carbocycles. The minimum atomic E-state index is -0.481. The van der Waals surface area contributed by atoms with Crippen molar-refractivity contribution >= 4 is 74.8 Å². The second kappa shape index (κ2) is 10.9. The molecule has 3 aromatic carbocycles. The molecule has 1 fully saturated rings. The van der Waals surface area contributed by atoms with Gasteiger partial charge in [0.25, 0.3) is 11.1 Å². The Kier molecular flexibility index (Phi) is 7.41. The molecule has 3 amide bonds. The van der Waals surface area contributed by atoms with Gasteiger partial charge in [0.15, 0.2) is 0 Å². The number of thioether (sulfide) groups is 2. The number of amides is 3. The van der Waals surface area contributed by atoms with E-state index in [1.165, 1.54) is 0 Å². The van der Waals surface area contributed by atoms with Crippen molar-refractivity contribution in [3.63, 3.8) is 0 Å². The number of anilines is 1. The fourth-order valence-corrected chi connectivity index (χ4v) is 5.64. The van der Waals surface area contributed by atoms with Crippen LogP contribution in [-0.4, -0.2) is 39.3 Å². The average molecular weight is 548 g/mol. The molecule has 1 aliphatic rings. The van der Waals surface area contributed by atoms with Crippen LogP contribution in [0.2, 0.25) is 5.02 Å². The van der Waals surface area contributed by atoms with E-state index in [0.29, 0.717) is 17.3 Å². The summed E-state index contributed by atoms with van der Waals surface area (Å²) < 4.78 is 2.07. The number of fused-ring (bicyclic) bond motifs is 1. The van der Waals surface area contributed by atoms with Crippen molar-refractivity contribution in [2.75, 3.05) is 18.1 Å². The molecule has 9 heteroatoms. The number of carbonyl (C=O) groups excluding carboxylic acids is 3. The van der Waals surface area contributed by atoms with Gasteiger partial charge >= 0.3 is 0 Å². The third-order valence-corrected chi connectivity index (χ3v) is 7.93. The summed E-state index contributed by atoms with van der Waals surface area (Å²) in [7, 11) is 0. The molecule has 0 atom stereocenters. The number of hydrogen-bond acceptors (Lipinski definition) is 5. The number of nitrogens with one attached hydrogen (secondary N) is 1. The maximum atomic E-state index is 13.1. The van der Waals surface area contributed by atoms with Crippen LogP contribution in [0.1, 0.15) is 11.1 Å². The predicted molar refractivity (Wildman–Crippen MR) is 152 cm³/mol. The summed E-state index contributed by atoms with van der Waals surface area (Å²) in [5.41, 5.74) is 3.39. The number of rotatable bonds is 7. The SMILES string of the molecule is CSc1cccc(NC(=O)CN2C(=O)S/C(=C/c3cn(Cc4ccccc4Cl)c4ccccc34)C2=O)c1. The lowest BCUT2D eigenvalue weighted by molar-refractivity contribution is -0.127. The number of imide groups is 1. The predicted octanol–water partition coefficient (Wildman–Crippen LogP) is 6.74. The Labute approximate surface area is 227 Å². The molecule has 37 heavy (non-hydrogen) atoms. The zero-order valence-electron chi connectivity index (χ0n) is 19.8. The molecule has 0 bridgehead atoms. The molecule has 2 heterocycles. The molecule has 186 valence electrons. The van der Waals surface area contributed by atoms with Gasteiger partial charge in [-0.25, -0.2) is 0 Å². The molecule has 0 unspecified atom stereocenters. The summed E-state index contributed by atoms with van der Waals surface area (Å²) in [6, 6.07) is 22.9. The highest BCUT2D eigenvalue weighted by Gasteiger charge is 2.36. The van der Waals surface area contributed by atoms with Gasteiger partial charge in [0, 0.05) is 44.8 Å². The smallest absolute Gasteiger partial charge is 0.294 e. The number of nitrogens with zero attached hydrogens (tertiary/aromatic N) is 2. The van der Waals surface area contributed by atoms with Crippen molar-refractivity contribution in [2.45, 2.75) is 11.4 Å². The molecular formula is C28H22ClN3O3S2. The van der Waals surface area contributed by atoms with Crippen LogP contribution >= 0.6 is 35.1 Å².